The predicted octanol–water partition coefficient (Wildman–Crippen LogP) is 0.750. The van der Waals surface area contributed by atoms with E-state index in [9.17, 15) is 35.1 Å². The average Bonchev–Trinajstić information content (AvgIpc) is 3.45. The third kappa shape index (κ3) is 3.78. The van der Waals surface area contributed by atoms with Crippen LogP contribution < -0.4 is 0 Å². The molecule has 1 saturated heterocycles. The zero-order valence-corrected chi connectivity index (χ0v) is 22.7. The van der Waals surface area contributed by atoms with E-state index >= 15 is 0 Å². The van der Waals surface area contributed by atoms with Gasteiger partial charge in [-0.2, -0.15) is 0 Å². The molecular formula is C29H42O10. The Bertz CT molecular complexity index is 1050. The molecule has 10 nitrogen and oxygen atoms in total. The maximum atomic E-state index is 13.0. The Morgan fingerprint density at radius 2 is 1.72 bits per heavy atom. The van der Waals surface area contributed by atoms with Gasteiger partial charge in [0.2, 0.25) is 0 Å². The summed E-state index contributed by atoms with van der Waals surface area (Å²) < 4.78 is 16.9. The van der Waals surface area contributed by atoms with Crippen molar-refractivity contribution in [3.63, 3.8) is 0 Å². The van der Waals surface area contributed by atoms with Crippen molar-refractivity contribution in [3.05, 3.63) is 11.6 Å². The molecule has 5 unspecified atom stereocenters. The van der Waals surface area contributed by atoms with E-state index in [4.69, 9.17) is 14.2 Å². The summed E-state index contributed by atoms with van der Waals surface area (Å²) in [5.41, 5.74) is -2.86. The quantitative estimate of drug-likeness (QED) is 0.192. The lowest BCUT2D eigenvalue weighted by molar-refractivity contribution is -0.317. The highest BCUT2D eigenvalue weighted by Crippen LogP contribution is 2.70. The van der Waals surface area contributed by atoms with E-state index in [0.717, 1.165) is 18.3 Å². The van der Waals surface area contributed by atoms with Gasteiger partial charge in [0.1, 0.15) is 31.2 Å². The highest BCUT2D eigenvalue weighted by Gasteiger charge is 2.71. The molecule has 0 spiro atoms. The molecule has 5 N–H and O–H groups in total. The molecule has 4 aliphatic carbocycles. The number of hydrogen-bond acceptors (Lipinski definition) is 10. The maximum absolute atomic E-state index is 13.0. The third-order valence-electron chi connectivity index (χ3n) is 12.0. The fraction of sp³-hybridized carbons (Fsp3) is 0.862. The Morgan fingerprint density at radius 1 is 0.974 bits per heavy atom. The van der Waals surface area contributed by atoms with Gasteiger partial charge in [-0.3, -0.25) is 0 Å². The second-order valence-electron chi connectivity index (χ2n) is 13.4. The lowest BCUT2D eigenvalue weighted by Crippen LogP contribution is -2.69. The van der Waals surface area contributed by atoms with E-state index in [0.29, 0.717) is 44.9 Å². The van der Waals surface area contributed by atoms with E-state index in [1.807, 2.05) is 0 Å². The van der Waals surface area contributed by atoms with E-state index < -0.39 is 58.8 Å². The molecule has 0 aromatic carbocycles. The number of cyclic esters (lactones) is 1. The average molecular weight is 551 g/mol. The molecule has 218 valence electrons. The number of carbonyl (C=O) groups is 2. The van der Waals surface area contributed by atoms with Crippen molar-refractivity contribution in [1.29, 1.82) is 0 Å². The molecule has 39 heavy (non-hydrogen) atoms. The molecular weight excluding hydrogens is 508 g/mol. The van der Waals surface area contributed by atoms with Crippen LogP contribution in [-0.2, 0) is 23.8 Å². The molecule has 0 bridgehead atoms. The topological polar surface area (TPSA) is 163 Å². The van der Waals surface area contributed by atoms with Gasteiger partial charge >= 0.3 is 5.97 Å². The van der Waals surface area contributed by atoms with E-state index in [1.54, 1.807) is 13.0 Å². The second kappa shape index (κ2) is 9.31. The van der Waals surface area contributed by atoms with Crippen molar-refractivity contribution in [2.45, 2.75) is 120 Å². The number of aliphatic hydroxyl groups is 5. The summed E-state index contributed by atoms with van der Waals surface area (Å²) in [5, 5.41) is 55.0. The van der Waals surface area contributed by atoms with Gasteiger partial charge in [-0.25, -0.2) is 4.79 Å². The summed E-state index contributed by atoms with van der Waals surface area (Å²) >= 11 is 0. The molecule has 13 atom stereocenters. The Morgan fingerprint density at radius 3 is 2.41 bits per heavy atom. The van der Waals surface area contributed by atoms with Crippen molar-refractivity contribution in [1.82, 2.24) is 0 Å². The van der Waals surface area contributed by atoms with Crippen LogP contribution in [-0.4, -0.2) is 92.4 Å². The molecule has 2 heterocycles. The lowest BCUT2D eigenvalue weighted by atomic mass is 9.41. The van der Waals surface area contributed by atoms with Gasteiger partial charge in [0.15, 0.2) is 6.29 Å². The second-order valence-corrected chi connectivity index (χ2v) is 13.4. The number of hydrogen-bond donors (Lipinski definition) is 5. The van der Waals surface area contributed by atoms with Crippen LogP contribution in [0, 0.1) is 28.6 Å². The van der Waals surface area contributed by atoms with Gasteiger partial charge in [-0.15, -0.1) is 0 Å². The molecule has 6 aliphatic rings. The number of carbonyl (C=O) groups excluding carboxylic acids is 2. The van der Waals surface area contributed by atoms with Gasteiger partial charge in [0.25, 0.3) is 0 Å². The predicted molar refractivity (Wildman–Crippen MR) is 135 cm³/mol. The molecule has 2 aliphatic heterocycles. The van der Waals surface area contributed by atoms with Crippen LogP contribution in [0.5, 0.6) is 0 Å². The zero-order valence-electron chi connectivity index (χ0n) is 22.7. The number of esters is 1. The number of aldehydes is 1. The minimum atomic E-state index is -1.43. The highest BCUT2D eigenvalue weighted by molar-refractivity contribution is 5.85. The summed E-state index contributed by atoms with van der Waals surface area (Å²) in [6.07, 6.45) is 0.689. The summed E-state index contributed by atoms with van der Waals surface area (Å²) in [7, 11) is 0. The molecule has 4 saturated carbocycles. The minimum absolute atomic E-state index is 0.0465. The highest BCUT2D eigenvalue weighted by atomic mass is 16.7. The molecule has 10 heteroatoms. The lowest BCUT2D eigenvalue weighted by Gasteiger charge is -2.65. The van der Waals surface area contributed by atoms with Crippen LogP contribution in [0.4, 0.5) is 0 Å². The van der Waals surface area contributed by atoms with E-state index in [2.05, 4.69) is 6.92 Å². The summed E-state index contributed by atoms with van der Waals surface area (Å²) in [5.74, 6) is -0.616. The van der Waals surface area contributed by atoms with Crippen LogP contribution in [0.1, 0.15) is 71.6 Å². The van der Waals surface area contributed by atoms with Crippen molar-refractivity contribution >= 4 is 12.3 Å². The Hall–Kier alpha value is -1.40. The molecule has 5 fully saturated rings. The third-order valence-corrected chi connectivity index (χ3v) is 12.0. The maximum Gasteiger partial charge on any atom is 0.331 e. The number of aliphatic hydroxyl groups excluding tert-OH is 3. The van der Waals surface area contributed by atoms with Crippen LogP contribution >= 0.6 is 0 Å². The van der Waals surface area contributed by atoms with E-state index in [-0.39, 0.29) is 36.8 Å². The molecule has 0 radical (unpaired) electrons. The number of ether oxygens (including phenoxy) is 3. The van der Waals surface area contributed by atoms with Crippen molar-refractivity contribution in [2.75, 3.05) is 6.61 Å². The molecule has 6 rings (SSSR count). The summed E-state index contributed by atoms with van der Waals surface area (Å²) in [6, 6.07) is 0. The Labute approximate surface area is 228 Å². The minimum Gasteiger partial charge on any atom is -0.458 e. The van der Waals surface area contributed by atoms with Crippen molar-refractivity contribution in [2.24, 2.45) is 28.6 Å². The van der Waals surface area contributed by atoms with Gasteiger partial charge in [0.05, 0.1) is 28.8 Å². The Balaban J connectivity index is 1.22. The molecule has 0 aromatic heterocycles. The Kier molecular flexibility index (Phi) is 6.62. The van der Waals surface area contributed by atoms with Gasteiger partial charge in [0, 0.05) is 17.9 Å². The summed E-state index contributed by atoms with van der Waals surface area (Å²) in [4.78, 5) is 24.8. The first-order chi connectivity index (χ1) is 18.4. The smallest absolute Gasteiger partial charge is 0.331 e. The van der Waals surface area contributed by atoms with Crippen LogP contribution in [0.25, 0.3) is 0 Å². The number of fused-ring (bicyclic) bond motifs is 5. The standard InChI is InChI=1S/C29H42O10/c1-15-22(32)23(33)24(34)25(38-15)39-17-3-8-27(14-30)19-4-7-26(2)18(16-11-21(31)37-13-16)6-10-29(26,36)20(19)5-9-28(27,35)12-17/h11,14-15,17-20,22-25,32-36H,3-10,12-13H2,1-2H3/t15?,17-,18+,19?,20?,22+,23?,24?,25-,26+,27-,28-,29-/m0/s1. The first-order valence-electron chi connectivity index (χ1n) is 14.5. The van der Waals surface area contributed by atoms with Crippen molar-refractivity contribution < 1.29 is 49.3 Å². The fourth-order valence-corrected chi connectivity index (χ4v) is 9.75. The first-order valence-corrected chi connectivity index (χ1v) is 14.5. The van der Waals surface area contributed by atoms with Gasteiger partial charge in [-0.1, -0.05) is 6.92 Å². The zero-order chi connectivity index (χ0) is 28.0. The monoisotopic (exact) mass is 550 g/mol. The normalized spacial score (nSPS) is 55.2. The largest absolute Gasteiger partial charge is 0.458 e. The number of rotatable bonds is 4. The van der Waals surface area contributed by atoms with Crippen molar-refractivity contribution in [3.8, 4) is 0 Å². The van der Waals surface area contributed by atoms with Crippen LogP contribution in [0.15, 0.2) is 11.6 Å². The van der Waals surface area contributed by atoms with Crippen LogP contribution in [0.2, 0.25) is 0 Å². The fourth-order valence-electron chi connectivity index (χ4n) is 9.75. The van der Waals surface area contributed by atoms with Gasteiger partial charge < -0.3 is 44.5 Å². The summed E-state index contributed by atoms with van der Waals surface area (Å²) in [6.45, 7) is 3.98. The van der Waals surface area contributed by atoms with Crippen LogP contribution in [0.3, 0.4) is 0 Å². The van der Waals surface area contributed by atoms with Gasteiger partial charge in [-0.05, 0) is 81.6 Å². The van der Waals surface area contributed by atoms with E-state index in [1.165, 1.54) is 0 Å². The SMILES string of the molecule is CC1O[C@@H](O[C@H]2CC[C@]3(C=O)C4CC[C@]5(C)[C@@H](C6=CC(=O)OC6)CC[C@]5(O)C4CC[C@]3(O)C2)C(O)C(O)[C@@H]1O. The molecule has 0 amide bonds. The molecule has 0 aromatic rings. The first kappa shape index (κ1) is 27.8.